The van der Waals surface area contributed by atoms with Crippen molar-refractivity contribution in [1.82, 2.24) is 0 Å². The van der Waals surface area contributed by atoms with E-state index in [0.29, 0.717) is 0 Å². The molecule has 0 fully saturated rings. The molecule has 56 valence electrons. The zero-order chi connectivity index (χ0) is 7.15. The van der Waals surface area contributed by atoms with E-state index in [4.69, 9.17) is 20.8 Å². The predicted octanol–water partition coefficient (Wildman–Crippen LogP) is -0.612. The second-order valence-corrected chi connectivity index (χ2v) is 0.665. The molecule has 9 heavy (non-hydrogen) atoms. The monoisotopic (exact) mass is 178 g/mol. The van der Waals surface area contributed by atoms with Gasteiger partial charge in [-0.1, -0.05) is 0 Å². The van der Waals surface area contributed by atoms with Crippen molar-refractivity contribution in [2.45, 2.75) is 0 Å². The van der Waals surface area contributed by atoms with Gasteiger partial charge in [0.15, 0.2) is 13.4 Å². The summed E-state index contributed by atoms with van der Waals surface area (Å²) in [7, 11) is 0. The maximum Gasteiger partial charge on any atom is 2.00 e. The van der Waals surface area contributed by atoms with Gasteiger partial charge < -0.3 is 20.8 Å². The van der Waals surface area contributed by atoms with Gasteiger partial charge in [-0.2, -0.15) is 9.80 Å². The molecule has 0 aromatic carbocycles. The zero-order valence-electron chi connectivity index (χ0n) is 4.26. The fourth-order valence-electron chi connectivity index (χ4n) is 0. The molecule has 6 nitrogen and oxygen atoms in total. The maximum absolute atomic E-state index is 8.69. The minimum Gasteiger partial charge on any atom is -0.613 e. The second-order valence-electron chi connectivity index (χ2n) is 0.665. The molecule has 0 aliphatic carbocycles. The van der Waals surface area contributed by atoms with Gasteiger partial charge in [0.2, 0.25) is 0 Å². The number of nitrogens with zero attached hydrogens (tertiary/aromatic N) is 2. The molecule has 0 unspecified atom stereocenters. The fourth-order valence-corrected chi connectivity index (χ4v) is 0. The first-order valence-corrected chi connectivity index (χ1v) is 1.36. The van der Waals surface area contributed by atoms with Gasteiger partial charge in [-0.15, -0.1) is 0 Å². The molecule has 0 amide bonds. The number of hydrogen-bond acceptors (Lipinski definition) is 4. The Bertz CT molecular complexity index is 74.6. The van der Waals surface area contributed by atoms with Crippen molar-refractivity contribution >= 4 is 13.4 Å². The Morgan fingerprint density at radius 3 is 0.778 bits per heavy atom. The van der Waals surface area contributed by atoms with Gasteiger partial charge in [-0.05, 0) is 0 Å². The van der Waals surface area contributed by atoms with Crippen LogP contribution in [0.1, 0.15) is 0 Å². The summed E-state index contributed by atoms with van der Waals surface area (Å²) < 4.78 is 0. The fraction of sp³-hybridized carbons (Fsp3) is 0. The molecule has 0 aliphatic heterocycles. The van der Waals surface area contributed by atoms with Crippen molar-refractivity contribution in [3.8, 4) is 0 Å². The Morgan fingerprint density at radius 1 is 0.778 bits per heavy atom. The van der Waals surface area contributed by atoms with Crippen molar-refractivity contribution in [3.05, 3.63) is 20.8 Å². The molecular formula is C2H4N2NiO4. The van der Waals surface area contributed by atoms with Crippen LogP contribution in [-0.4, -0.2) is 23.2 Å². The standard InChI is InChI=1S/2CH2NO2.Ni/c2*1-2(3)4;/h2*1H2;/q2*-1;+2. The SMILES string of the molecule is C=[N+]([O-])[O-].C=[N+]([O-])[O-].[Ni+2]. The molecule has 0 bridgehead atoms. The van der Waals surface area contributed by atoms with E-state index in [0.717, 1.165) is 0 Å². The van der Waals surface area contributed by atoms with Crippen LogP contribution in [0.4, 0.5) is 0 Å². The van der Waals surface area contributed by atoms with Crippen molar-refractivity contribution < 1.29 is 26.3 Å². The molecule has 0 aromatic rings. The minimum atomic E-state index is -0.750. The summed E-state index contributed by atoms with van der Waals surface area (Å²) in [6.07, 6.45) is 0. The third-order valence-corrected chi connectivity index (χ3v) is 0. The van der Waals surface area contributed by atoms with Crippen molar-refractivity contribution in [3.63, 3.8) is 0 Å². The van der Waals surface area contributed by atoms with Crippen LogP contribution in [0, 0.1) is 20.8 Å². The molecule has 0 saturated heterocycles. The molecule has 0 aliphatic rings. The third kappa shape index (κ3) is 191. The van der Waals surface area contributed by atoms with E-state index >= 15 is 0 Å². The van der Waals surface area contributed by atoms with Crippen LogP contribution in [0.5, 0.6) is 0 Å². The van der Waals surface area contributed by atoms with Crippen molar-refractivity contribution in [2.24, 2.45) is 0 Å². The molecule has 0 rings (SSSR count). The van der Waals surface area contributed by atoms with E-state index in [-0.39, 0.29) is 16.5 Å². The van der Waals surface area contributed by atoms with Crippen molar-refractivity contribution in [2.75, 3.05) is 0 Å². The van der Waals surface area contributed by atoms with Gasteiger partial charge in [0.25, 0.3) is 0 Å². The Labute approximate surface area is 61.4 Å². The molecule has 0 aromatic heterocycles. The molecule has 0 radical (unpaired) electrons. The van der Waals surface area contributed by atoms with Crippen LogP contribution in [0.15, 0.2) is 0 Å². The largest absolute Gasteiger partial charge is 2.00 e. The molecule has 0 heterocycles. The van der Waals surface area contributed by atoms with Gasteiger partial charge in [0.05, 0.1) is 0 Å². The second kappa shape index (κ2) is 10.1. The summed E-state index contributed by atoms with van der Waals surface area (Å²) in [5.74, 6) is 0. The first-order valence-electron chi connectivity index (χ1n) is 1.36. The molecule has 0 spiro atoms. The summed E-state index contributed by atoms with van der Waals surface area (Å²) >= 11 is 0. The Kier molecular flexibility index (Phi) is 17.6. The van der Waals surface area contributed by atoms with E-state index < -0.39 is 9.80 Å². The minimum absolute atomic E-state index is 0. The Balaban J connectivity index is -0.0000000720. The third-order valence-electron chi connectivity index (χ3n) is 0. The average Bonchev–Trinajstić information content (AvgIpc) is 1.25. The van der Waals surface area contributed by atoms with Gasteiger partial charge in [0.1, 0.15) is 0 Å². The molecule has 7 heteroatoms. The number of rotatable bonds is 0. The van der Waals surface area contributed by atoms with E-state index in [1.54, 1.807) is 0 Å². The number of hydrogen-bond donors (Lipinski definition) is 0. The maximum atomic E-state index is 8.69. The summed E-state index contributed by atoms with van der Waals surface area (Å²) in [5.41, 5.74) is 0. The quantitative estimate of drug-likeness (QED) is 0.214. The normalized spacial score (nSPS) is 5.33. The van der Waals surface area contributed by atoms with Gasteiger partial charge in [0, 0.05) is 0 Å². The summed E-state index contributed by atoms with van der Waals surface area (Å²) in [6.45, 7) is 4.72. The first-order chi connectivity index (χ1) is 3.46. The van der Waals surface area contributed by atoms with Gasteiger partial charge in [-0.25, -0.2) is 0 Å². The van der Waals surface area contributed by atoms with Gasteiger partial charge in [-0.3, -0.25) is 0 Å². The van der Waals surface area contributed by atoms with E-state index in [1.165, 1.54) is 0 Å². The van der Waals surface area contributed by atoms with Crippen LogP contribution in [0.2, 0.25) is 0 Å². The molecule has 0 N–H and O–H groups in total. The average molecular weight is 179 g/mol. The van der Waals surface area contributed by atoms with Gasteiger partial charge >= 0.3 is 16.5 Å². The predicted molar refractivity (Wildman–Crippen MR) is 28.2 cm³/mol. The van der Waals surface area contributed by atoms with Crippen LogP contribution in [0.25, 0.3) is 0 Å². The van der Waals surface area contributed by atoms with E-state index in [9.17, 15) is 0 Å². The zero-order valence-corrected chi connectivity index (χ0v) is 5.25. The van der Waals surface area contributed by atoms with Crippen LogP contribution >= 0.6 is 0 Å². The van der Waals surface area contributed by atoms with E-state index in [2.05, 4.69) is 13.4 Å². The topological polar surface area (TPSA) is 98.3 Å². The van der Waals surface area contributed by atoms with E-state index in [1.807, 2.05) is 0 Å². The van der Waals surface area contributed by atoms with Crippen LogP contribution in [-0.2, 0) is 16.5 Å². The summed E-state index contributed by atoms with van der Waals surface area (Å²) in [5, 5.41) is 34.8. The Hall–Kier alpha value is -0.966. The Morgan fingerprint density at radius 2 is 0.778 bits per heavy atom. The van der Waals surface area contributed by atoms with Crippen molar-refractivity contribution in [1.29, 1.82) is 0 Å². The molecule has 0 saturated carbocycles. The first kappa shape index (κ1) is 15.7. The summed E-state index contributed by atoms with van der Waals surface area (Å²) in [4.78, 5) is -1.50. The molecule has 0 atom stereocenters. The van der Waals surface area contributed by atoms with Crippen LogP contribution < -0.4 is 0 Å². The van der Waals surface area contributed by atoms with Crippen LogP contribution in [0.3, 0.4) is 0 Å². The summed E-state index contributed by atoms with van der Waals surface area (Å²) in [6, 6.07) is 0. The smallest absolute Gasteiger partial charge is 0.613 e. The molecular weight excluding hydrogens is 175 g/mol.